The van der Waals surface area contributed by atoms with Gasteiger partial charge in [-0.05, 0) is 19.3 Å². The molecule has 1 heteroatoms. The Morgan fingerprint density at radius 1 is 1.50 bits per heavy atom. The number of nitriles is 1. The van der Waals surface area contributed by atoms with Crippen LogP contribution in [0.25, 0.3) is 0 Å². The first kappa shape index (κ1) is 11.0. The molecule has 0 aliphatic rings. The summed E-state index contributed by atoms with van der Waals surface area (Å²) in [6.45, 7) is 7.77. The van der Waals surface area contributed by atoms with Gasteiger partial charge in [-0.2, -0.15) is 5.26 Å². The maximum Gasteiger partial charge on any atom is 0.0785 e. The van der Waals surface area contributed by atoms with Gasteiger partial charge in [0.15, 0.2) is 0 Å². The van der Waals surface area contributed by atoms with Gasteiger partial charge in [0.2, 0.25) is 0 Å². The zero-order valence-electron chi connectivity index (χ0n) is 8.01. The molecule has 1 atom stereocenters. The van der Waals surface area contributed by atoms with E-state index in [0.717, 1.165) is 19.3 Å². The molecule has 0 aliphatic heterocycles. The van der Waals surface area contributed by atoms with E-state index in [-0.39, 0.29) is 5.41 Å². The Kier molecular flexibility index (Phi) is 5.12. The van der Waals surface area contributed by atoms with Crippen LogP contribution in [0.5, 0.6) is 0 Å². The van der Waals surface area contributed by atoms with Gasteiger partial charge >= 0.3 is 0 Å². The zero-order valence-corrected chi connectivity index (χ0v) is 8.01. The highest BCUT2D eigenvalue weighted by Crippen LogP contribution is 2.27. The Morgan fingerprint density at radius 2 is 2.17 bits per heavy atom. The molecular formula is C11H17N. The minimum Gasteiger partial charge on any atom is -0.197 e. The van der Waals surface area contributed by atoms with E-state index in [1.54, 1.807) is 0 Å². The van der Waals surface area contributed by atoms with E-state index in [0.29, 0.717) is 0 Å². The van der Waals surface area contributed by atoms with E-state index < -0.39 is 0 Å². The number of allylic oxidation sites excluding steroid dienone is 3. The molecule has 0 saturated heterocycles. The molecule has 1 unspecified atom stereocenters. The summed E-state index contributed by atoms with van der Waals surface area (Å²) in [7, 11) is 0. The van der Waals surface area contributed by atoms with Crippen LogP contribution in [-0.2, 0) is 0 Å². The first-order chi connectivity index (χ1) is 5.74. The van der Waals surface area contributed by atoms with E-state index in [2.05, 4.69) is 25.6 Å². The summed E-state index contributed by atoms with van der Waals surface area (Å²) < 4.78 is 0. The number of nitrogens with zero attached hydrogens (tertiary/aromatic N) is 1. The molecule has 66 valence electrons. The second-order valence-corrected chi connectivity index (χ2v) is 2.92. The second-order valence-electron chi connectivity index (χ2n) is 2.92. The van der Waals surface area contributed by atoms with Crippen molar-refractivity contribution in [3.05, 3.63) is 24.8 Å². The number of hydrogen-bond acceptors (Lipinski definition) is 1. The molecule has 0 N–H and O–H groups in total. The van der Waals surface area contributed by atoms with Crippen LogP contribution in [0.15, 0.2) is 24.8 Å². The monoisotopic (exact) mass is 163 g/mol. The third-order valence-corrected chi connectivity index (χ3v) is 2.03. The fourth-order valence-electron chi connectivity index (χ4n) is 1.09. The molecule has 0 amide bonds. The van der Waals surface area contributed by atoms with Crippen LogP contribution < -0.4 is 0 Å². The lowest BCUT2D eigenvalue weighted by atomic mass is 9.83. The Labute approximate surface area is 75.4 Å². The van der Waals surface area contributed by atoms with Gasteiger partial charge in [0, 0.05) is 0 Å². The van der Waals surface area contributed by atoms with Gasteiger partial charge < -0.3 is 0 Å². The first-order valence-corrected chi connectivity index (χ1v) is 4.44. The van der Waals surface area contributed by atoms with Crippen LogP contribution in [-0.4, -0.2) is 0 Å². The lowest BCUT2D eigenvalue weighted by molar-refractivity contribution is 0.494. The molecule has 1 nitrogen and oxygen atoms in total. The van der Waals surface area contributed by atoms with E-state index >= 15 is 0 Å². The molecule has 0 spiro atoms. The molecule has 0 heterocycles. The van der Waals surface area contributed by atoms with E-state index in [9.17, 15) is 0 Å². The van der Waals surface area contributed by atoms with Crippen molar-refractivity contribution in [2.45, 2.75) is 33.1 Å². The van der Waals surface area contributed by atoms with Crippen LogP contribution in [0, 0.1) is 16.7 Å². The van der Waals surface area contributed by atoms with Crippen molar-refractivity contribution < 1.29 is 0 Å². The highest BCUT2D eigenvalue weighted by Gasteiger charge is 2.21. The summed E-state index contributed by atoms with van der Waals surface area (Å²) in [6.07, 6.45) is 8.46. The highest BCUT2D eigenvalue weighted by molar-refractivity contribution is 5.14. The van der Waals surface area contributed by atoms with Gasteiger partial charge in [-0.15, -0.1) is 6.58 Å². The van der Waals surface area contributed by atoms with E-state index in [1.165, 1.54) is 0 Å². The Morgan fingerprint density at radius 3 is 2.50 bits per heavy atom. The predicted octanol–water partition coefficient (Wildman–Crippen LogP) is 3.45. The standard InChI is InChI=1S/C11H17N/c1-4-7-9-11(6-3,10-12)8-5-2/h5,7,9H,2,4,6,8H2,1,3H3/b9-7+. The maximum absolute atomic E-state index is 8.99. The average molecular weight is 163 g/mol. The summed E-state index contributed by atoms with van der Waals surface area (Å²) in [4.78, 5) is 0. The van der Waals surface area contributed by atoms with E-state index in [4.69, 9.17) is 5.26 Å². The SMILES string of the molecule is C=CCC(C#N)(/C=C/CC)CC. The van der Waals surface area contributed by atoms with E-state index in [1.807, 2.05) is 19.1 Å². The number of rotatable bonds is 5. The lowest BCUT2D eigenvalue weighted by Crippen LogP contribution is -2.12. The number of hydrogen-bond donors (Lipinski definition) is 0. The quantitative estimate of drug-likeness (QED) is 0.569. The van der Waals surface area contributed by atoms with Crippen molar-refractivity contribution >= 4 is 0 Å². The molecule has 0 aromatic carbocycles. The van der Waals surface area contributed by atoms with Crippen molar-refractivity contribution in [3.63, 3.8) is 0 Å². The van der Waals surface area contributed by atoms with Crippen LogP contribution in [0.3, 0.4) is 0 Å². The minimum atomic E-state index is -0.308. The summed E-state index contributed by atoms with van der Waals surface area (Å²) in [5.41, 5.74) is -0.308. The molecule has 0 radical (unpaired) electrons. The van der Waals surface area contributed by atoms with Crippen molar-refractivity contribution in [3.8, 4) is 6.07 Å². The van der Waals surface area contributed by atoms with Gasteiger partial charge in [0.1, 0.15) is 0 Å². The largest absolute Gasteiger partial charge is 0.197 e. The van der Waals surface area contributed by atoms with Gasteiger partial charge in [-0.25, -0.2) is 0 Å². The predicted molar refractivity (Wildman–Crippen MR) is 52.6 cm³/mol. The Hall–Kier alpha value is -1.03. The van der Waals surface area contributed by atoms with Gasteiger partial charge in [0.05, 0.1) is 11.5 Å². The molecule has 12 heavy (non-hydrogen) atoms. The molecule has 0 rings (SSSR count). The summed E-state index contributed by atoms with van der Waals surface area (Å²) in [6, 6.07) is 2.34. The molecule has 0 bridgehead atoms. The highest BCUT2D eigenvalue weighted by atomic mass is 14.3. The van der Waals surface area contributed by atoms with Crippen LogP contribution in [0.2, 0.25) is 0 Å². The normalized spacial score (nSPS) is 15.4. The fraction of sp³-hybridized carbons (Fsp3) is 0.545. The molecular weight excluding hydrogens is 146 g/mol. The van der Waals surface area contributed by atoms with Crippen LogP contribution in [0.1, 0.15) is 33.1 Å². The van der Waals surface area contributed by atoms with Crippen molar-refractivity contribution in [2.75, 3.05) is 0 Å². The fourth-order valence-corrected chi connectivity index (χ4v) is 1.09. The van der Waals surface area contributed by atoms with Gasteiger partial charge in [-0.3, -0.25) is 0 Å². The minimum absolute atomic E-state index is 0.308. The Bertz CT molecular complexity index is 198. The average Bonchev–Trinajstić information content (AvgIpc) is 2.13. The Balaban J connectivity index is 4.47. The molecule has 0 fully saturated rings. The zero-order chi connectivity index (χ0) is 9.45. The maximum atomic E-state index is 8.99. The van der Waals surface area contributed by atoms with Gasteiger partial charge in [0.25, 0.3) is 0 Å². The third kappa shape index (κ3) is 2.92. The van der Waals surface area contributed by atoms with Crippen LogP contribution >= 0.6 is 0 Å². The molecule has 0 saturated carbocycles. The van der Waals surface area contributed by atoms with Crippen molar-refractivity contribution in [2.24, 2.45) is 5.41 Å². The van der Waals surface area contributed by atoms with Crippen molar-refractivity contribution in [1.29, 1.82) is 5.26 Å². The topological polar surface area (TPSA) is 23.8 Å². The second kappa shape index (κ2) is 5.60. The molecule has 0 aromatic heterocycles. The summed E-state index contributed by atoms with van der Waals surface area (Å²) >= 11 is 0. The van der Waals surface area contributed by atoms with Crippen LogP contribution in [0.4, 0.5) is 0 Å². The van der Waals surface area contributed by atoms with Crippen molar-refractivity contribution in [1.82, 2.24) is 0 Å². The lowest BCUT2D eigenvalue weighted by Gasteiger charge is -2.18. The smallest absolute Gasteiger partial charge is 0.0785 e. The first-order valence-electron chi connectivity index (χ1n) is 4.44. The molecule has 0 aliphatic carbocycles. The third-order valence-electron chi connectivity index (χ3n) is 2.03. The summed E-state index contributed by atoms with van der Waals surface area (Å²) in [5.74, 6) is 0. The molecule has 0 aromatic rings. The summed E-state index contributed by atoms with van der Waals surface area (Å²) in [5, 5.41) is 8.99. The van der Waals surface area contributed by atoms with Gasteiger partial charge in [-0.1, -0.05) is 32.1 Å².